The van der Waals surface area contributed by atoms with Crippen LogP contribution in [-0.4, -0.2) is 15.9 Å². The molecule has 0 bridgehead atoms. The average molecular weight is 351 g/mol. The third-order valence-corrected chi connectivity index (χ3v) is 2.88. The standard InChI is InChI=1S/C12H7Cl2F3N4O/c13-5-1-6(14)3-7(2-5)20-10(22)8-4-19-11(18)21-9(8)12(15,16)17/h1-4H,(H,20,22)(H2,18,19,21). The lowest BCUT2D eigenvalue weighted by atomic mass is 10.2. The second-order valence-electron chi connectivity index (χ2n) is 4.10. The van der Waals surface area contributed by atoms with Crippen molar-refractivity contribution in [1.29, 1.82) is 0 Å². The highest BCUT2D eigenvalue weighted by molar-refractivity contribution is 6.35. The summed E-state index contributed by atoms with van der Waals surface area (Å²) in [6.45, 7) is 0. The van der Waals surface area contributed by atoms with Crippen molar-refractivity contribution in [1.82, 2.24) is 9.97 Å². The highest BCUT2D eigenvalue weighted by atomic mass is 35.5. The topological polar surface area (TPSA) is 80.9 Å². The molecule has 0 radical (unpaired) electrons. The monoisotopic (exact) mass is 350 g/mol. The molecule has 0 unspecified atom stereocenters. The van der Waals surface area contributed by atoms with Crippen LogP contribution in [0.2, 0.25) is 10.0 Å². The quantitative estimate of drug-likeness (QED) is 0.866. The number of nitrogens with two attached hydrogens (primary N) is 1. The molecule has 10 heteroatoms. The van der Waals surface area contributed by atoms with Crippen molar-refractivity contribution in [3.05, 3.63) is 45.7 Å². The number of hydrogen-bond acceptors (Lipinski definition) is 4. The van der Waals surface area contributed by atoms with Gasteiger partial charge in [-0.2, -0.15) is 13.2 Å². The van der Waals surface area contributed by atoms with Crippen LogP contribution in [0, 0.1) is 0 Å². The molecule has 22 heavy (non-hydrogen) atoms. The Morgan fingerprint density at radius 2 is 1.77 bits per heavy atom. The fourth-order valence-electron chi connectivity index (χ4n) is 1.60. The van der Waals surface area contributed by atoms with Gasteiger partial charge in [0.1, 0.15) is 0 Å². The van der Waals surface area contributed by atoms with Gasteiger partial charge in [0.15, 0.2) is 5.69 Å². The number of alkyl halides is 3. The van der Waals surface area contributed by atoms with Gasteiger partial charge in [0.25, 0.3) is 5.91 Å². The molecule has 1 aromatic carbocycles. The van der Waals surface area contributed by atoms with Crippen molar-refractivity contribution in [2.45, 2.75) is 6.18 Å². The van der Waals surface area contributed by atoms with E-state index in [4.69, 9.17) is 28.9 Å². The number of carbonyl (C=O) groups is 1. The number of amides is 1. The molecule has 0 aliphatic rings. The molecule has 5 nitrogen and oxygen atoms in total. The van der Waals surface area contributed by atoms with Crippen molar-refractivity contribution in [3.8, 4) is 0 Å². The second kappa shape index (κ2) is 5.98. The van der Waals surface area contributed by atoms with Gasteiger partial charge in [0, 0.05) is 21.9 Å². The lowest BCUT2D eigenvalue weighted by Crippen LogP contribution is -2.21. The number of rotatable bonds is 2. The molecule has 2 rings (SSSR count). The number of nitrogens with zero attached hydrogens (tertiary/aromatic N) is 2. The first-order valence-corrected chi connectivity index (χ1v) is 6.39. The Hall–Kier alpha value is -2.06. The van der Waals surface area contributed by atoms with Crippen molar-refractivity contribution < 1.29 is 18.0 Å². The van der Waals surface area contributed by atoms with Crippen LogP contribution in [-0.2, 0) is 6.18 Å². The average Bonchev–Trinajstić information content (AvgIpc) is 2.36. The molecule has 0 aliphatic carbocycles. The van der Waals surface area contributed by atoms with E-state index in [0.29, 0.717) is 6.20 Å². The van der Waals surface area contributed by atoms with Gasteiger partial charge < -0.3 is 11.1 Å². The fraction of sp³-hybridized carbons (Fsp3) is 0.0833. The predicted molar refractivity (Wildman–Crippen MR) is 75.9 cm³/mol. The Bertz CT molecular complexity index is 717. The van der Waals surface area contributed by atoms with Crippen LogP contribution in [0.15, 0.2) is 24.4 Å². The Labute approximate surface area is 132 Å². The normalized spacial score (nSPS) is 11.3. The molecule has 0 aliphatic heterocycles. The van der Waals surface area contributed by atoms with E-state index >= 15 is 0 Å². The smallest absolute Gasteiger partial charge is 0.368 e. The Morgan fingerprint density at radius 1 is 1.18 bits per heavy atom. The van der Waals surface area contributed by atoms with E-state index in [9.17, 15) is 18.0 Å². The van der Waals surface area contributed by atoms with Crippen LogP contribution >= 0.6 is 23.2 Å². The SMILES string of the molecule is Nc1ncc(C(=O)Nc2cc(Cl)cc(Cl)c2)c(C(F)(F)F)n1. The number of halogens is 5. The van der Waals surface area contributed by atoms with E-state index in [1.54, 1.807) is 0 Å². The minimum absolute atomic E-state index is 0.132. The lowest BCUT2D eigenvalue weighted by Gasteiger charge is -2.12. The molecule has 0 saturated heterocycles. The van der Waals surface area contributed by atoms with Gasteiger partial charge in [-0.3, -0.25) is 4.79 Å². The van der Waals surface area contributed by atoms with Crippen molar-refractivity contribution >= 4 is 40.7 Å². The molecule has 0 atom stereocenters. The van der Waals surface area contributed by atoms with Gasteiger partial charge in [-0.1, -0.05) is 23.2 Å². The van der Waals surface area contributed by atoms with Crippen molar-refractivity contribution in [2.75, 3.05) is 11.1 Å². The first kappa shape index (κ1) is 16.3. The second-order valence-corrected chi connectivity index (χ2v) is 4.97. The highest BCUT2D eigenvalue weighted by Crippen LogP contribution is 2.31. The van der Waals surface area contributed by atoms with E-state index < -0.39 is 29.3 Å². The summed E-state index contributed by atoms with van der Waals surface area (Å²) in [5.74, 6) is -1.65. The number of nitrogens with one attached hydrogen (secondary N) is 1. The molecule has 3 N–H and O–H groups in total. The summed E-state index contributed by atoms with van der Waals surface area (Å²) in [5, 5.41) is 2.67. The Morgan fingerprint density at radius 3 is 2.32 bits per heavy atom. The summed E-state index contributed by atoms with van der Waals surface area (Å²) in [5.41, 5.74) is 3.07. The van der Waals surface area contributed by atoms with Gasteiger partial charge in [0.05, 0.1) is 5.56 Å². The molecule has 0 spiro atoms. The molecule has 1 aromatic heterocycles. The Kier molecular flexibility index (Phi) is 4.43. The van der Waals surface area contributed by atoms with Crippen LogP contribution in [0.25, 0.3) is 0 Å². The lowest BCUT2D eigenvalue weighted by molar-refractivity contribution is -0.141. The number of nitrogen functional groups attached to an aromatic ring is 1. The zero-order valence-electron chi connectivity index (χ0n) is 10.6. The Balaban J connectivity index is 2.38. The van der Waals surface area contributed by atoms with E-state index in [-0.39, 0.29) is 15.7 Å². The highest BCUT2D eigenvalue weighted by Gasteiger charge is 2.38. The van der Waals surface area contributed by atoms with E-state index in [2.05, 4.69) is 15.3 Å². The van der Waals surface area contributed by atoms with Crippen molar-refractivity contribution in [2.24, 2.45) is 0 Å². The zero-order chi connectivity index (χ0) is 16.5. The van der Waals surface area contributed by atoms with Gasteiger partial charge in [-0.15, -0.1) is 0 Å². The van der Waals surface area contributed by atoms with Crippen LogP contribution in [0.4, 0.5) is 24.8 Å². The molecule has 2 aromatic rings. The molecule has 1 amide bonds. The minimum atomic E-state index is -4.85. The number of hydrogen-bond donors (Lipinski definition) is 2. The van der Waals surface area contributed by atoms with Crippen LogP contribution in [0.1, 0.15) is 16.1 Å². The fourth-order valence-corrected chi connectivity index (χ4v) is 2.13. The van der Waals surface area contributed by atoms with E-state index in [0.717, 1.165) is 0 Å². The summed E-state index contributed by atoms with van der Waals surface area (Å²) in [4.78, 5) is 18.5. The van der Waals surface area contributed by atoms with Crippen LogP contribution in [0.5, 0.6) is 0 Å². The van der Waals surface area contributed by atoms with Crippen LogP contribution in [0.3, 0.4) is 0 Å². The molecular weight excluding hydrogens is 344 g/mol. The predicted octanol–water partition coefficient (Wildman–Crippen LogP) is 3.64. The first-order chi connectivity index (χ1) is 10.2. The summed E-state index contributed by atoms with van der Waals surface area (Å²) < 4.78 is 38.7. The summed E-state index contributed by atoms with van der Waals surface area (Å²) in [6.07, 6.45) is -4.15. The minimum Gasteiger partial charge on any atom is -0.368 e. The number of anilines is 2. The number of aromatic nitrogens is 2. The summed E-state index contributed by atoms with van der Waals surface area (Å²) in [6, 6.07) is 4.07. The van der Waals surface area contributed by atoms with Crippen molar-refractivity contribution in [3.63, 3.8) is 0 Å². The number of carbonyl (C=O) groups excluding carboxylic acids is 1. The summed E-state index contributed by atoms with van der Waals surface area (Å²) in [7, 11) is 0. The molecule has 0 fully saturated rings. The van der Waals surface area contributed by atoms with Gasteiger partial charge in [-0.05, 0) is 18.2 Å². The maximum atomic E-state index is 12.9. The molecular formula is C12H7Cl2F3N4O. The maximum absolute atomic E-state index is 12.9. The van der Waals surface area contributed by atoms with Gasteiger partial charge in [0.2, 0.25) is 5.95 Å². The molecule has 1 heterocycles. The number of benzene rings is 1. The largest absolute Gasteiger partial charge is 0.434 e. The van der Waals surface area contributed by atoms with Crippen LogP contribution < -0.4 is 11.1 Å². The van der Waals surface area contributed by atoms with E-state index in [1.165, 1.54) is 18.2 Å². The van der Waals surface area contributed by atoms with E-state index in [1.807, 2.05) is 0 Å². The zero-order valence-corrected chi connectivity index (χ0v) is 12.1. The summed E-state index contributed by atoms with van der Waals surface area (Å²) >= 11 is 11.5. The first-order valence-electron chi connectivity index (χ1n) is 5.64. The third kappa shape index (κ3) is 3.77. The van der Waals surface area contributed by atoms with Gasteiger partial charge >= 0.3 is 6.18 Å². The van der Waals surface area contributed by atoms with Gasteiger partial charge in [-0.25, -0.2) is 9.97 Å². The molecule has 0 saturated carbocycles. The molecule has 116 valence electrons. The third-order valence-electron chi connectivity index (χ3n) is 2.44. The maximum Gasteiger partial charge on any atom is 0.434 e.